The summed E-state index contributed by atoms with van der Waals surface area (Å²) in [5.41, 5.74) is 1.59. The Morgan fingerprint density at radius 3 is 2.32 bits per heavy atom. The fourth-order valence-electron chi connectivity index (χ4n) is 3.61. The molecule has 1 aromatic heterocycles. The number of nitrogens with zero attached hydrogens (tertiary/aromatic N) is 1. The molecule has 2 N–H and O–H groups in total. The molecular formula is C22H29N3O5S. The molecule has 2 aromatic rings. The lowest BCUT2D eigenvalue weighted by molar-refractivity contribution is -0.126. The predicted molar refractivity (Wildman–Crippen MR) is 117 cm³/mol. The minimum atomic E-state index is -3.37. The third-order valence-corrected chi connectivity index (χ3v) is 6.69. The summed E-state index contributed by atoms with van der Waals surface area (Å²) < 4.78 is 31.8. The van der Waals surface area contributed by atoms with Crippen LogP contribution in [0.25, 0.3) is 0 Å². The van der Waals surface area contributed by atoms with Gasteiger partial charge in [-0.05, 0) is 49.9 Å². The van der Waals surface area contributed by atoms with Crippen LogP contribution in [0, 0.1) is 5.92 Å². The van der Waals surface area contributed by atoms with Gasteiger partial charge in [0.1, 0.15) is 0 Å². The quantitative estimate of drug-likeness (QED) is 0.645. The Morgan fingerprint density at radius 2 is 1.74 bits per heavy atom. The van der Waals surface area contributed by atoms with Gasteiger partial charge in [-0.1, -0.05) is 24.3 Å². The summed E-state index contributed by atoms with van der Waals surface area (Å²) in [5.74, 6) is -0.0635. The molecule has 8 nitrogen and oxygen atoms in total. The Bertz CT molecular complexity index is 977. The zero-order valence-electron chi connectivity index (χ0n) is 17.8. The van der Waals surface area contributed by atoms with Crippen LogP contribution in [0.5, 0.6) is 0 Å². The molecule has 2 amide bonds. The molecule has 0 bridgehead atoms. The molecule has 168 valence electrons. The zero-order valence-corrected chi connectivity index (χ0v) is 18.7. The van der Waals surface area contributed by atoms with Gasteiger partial charge in [0.05, 0.1) is 12.0 Å². The van der Waals surface area contributed by atoms with E-state index in [0.717, 1.165) is 5.56 Å². The van der Waals surface area contributed by atoms with E-state index in [9.17, 15) is 18.0 Å². The van der Waals surface area contributed by atoms with Crippen molar-refractivity contribution in [3.8, 4) is 0 Å². The summed E-state index contributed by atoms with van der Waals surface area (Å²) in [6, 6.07) is 10.4. The van der Waals surface area contributed by atoms with Crippen LogP contribution in [0.1, 0.15) is 48.4 Å². The van der Waals surface area contributed by atoms with Crippen molar-refractivity contribution >= 4 is 21.8 Å². The largest absolute Gasteiger partial charge is 0.459 e. The maximum absolute atomic E-state index is 12.5. The van der Waals surface area contributed by atoms with Crippen molar-refractivity contribution < 1.29 is 22.4 Å². The van der Waals surface area contributed by atoms with Gasteiger partial charge < -0.3 is 14.6 Å². The minimum absolute atomic E-state index is 0.0297. The average Bonchev–Trinajstić information content (AvgIpc) is 3.26. The van der Waals surface area contributed by atoms with Gasteiger partial charge in [-0.2, -0.15) is 0 Å². The monoisotopic (exact) mass is 447 g/mol. The molecule has 0 aliphatic carbocycles. The van der Waals surface area contributed by atoms with Crippen LogP contribution in [0.4, 0.5) is 0 Å². The number of hydrogen-bond donors (Lipinski definition) is 2. The average molecular weight is 448 g/mol. The van der Waals surface area contributed by atoms with Gasteiger partial charge in [0.15, 0.2) is 5.76 Å². The van der Waals surface area contributed by atoms with E-state index < -0.39 is 10.0 Å². The first kappa shape index (κ1) is 23.0. The highest BCUT2D eigenvalue weighted by molar-refractivity contribution is 7.88. The molecule has 1 aliphatic heterocycles. The highest BCUT2D eigenvalue weighted by atomic mass is 32.2. The Morgan fingerprint density at radius 1 is 1.10 bits per heavy atom. The Balaban J connectivity index is 1.44. The van der Waals surface area contributed by atoms with E-state index in [2.05, 4.69) is 10.0 Å². The second-order valence-electron chi connectivity index (χ2n) is 8.11. The first-order chi connectivity index (χ1) is 14.7. The number of sulfonamides is 1. The van der Waals surface area contributed by atoms with E-state index in [1.54, 1.807) is 43.0 Å². The molecule has 31 heavy (non-hydrogen) atoms. The van der Waals surface area contributed by atoms with Gasteiger partial charge in [-0.3, -0.25) is 9.59 Å². The molecule has 0 unspecified atom stereocenters. The molecule has 2 heterocycles. The van der Waals surface area contributed by atoms with Gasteiger partial charge in [-0.15, -0.1) is 0 Å². The van der Waals surface area contributed by atoms with E-state index in [-0.39, 0.29) is 29.5 Å². The summed E-state index contributed by atoms with van der Waals surface area (Å²) in [6.07, 6.45) is 2.69. The fourth-order valence-corrected chi connectivity index (χ4v) is 5.04. The molecule has 1 saturated heterocycles. The fraction of sp³-hybridized carbons (Fsp3) is 0.455. The van der Waals surface area contributed by atoms with Crippen LogP contribution < -0.4 is 10.0 Å². The smallest absolute Gasteiger partial charge is 0.289 e. The Labute approximate surface area is 183 Å². The maximum atomic E-state index is 12.5. The van der Waals surface area contributed by atoms with Crippen LogP contribution in [-0.4, -0.2) is 44.3 Å². The molecule has 1 aromatic carbocycles. The number of nitrogens with one attached hydrogen (secondary N) is 2. The molecule has 0 atom stereocenters. The van der Waals surface area contributed by atoms with Crippen molar-refractivity contribution in [3.05, 3.63) is 59.5 Å². The normalized spacial score (nSPS) is 15.3. The summed E-state index contributed by atoms with van der Waals surface area (Å²) in [7, 11) is -3.37. The van der Waals surface area contributed by atoms with E-state index in [0.29, 0.717) is 43.8 Å². The van der Waals surface area contributed by atoms with Crippen LogP contribution >= 0.6 is 0 Å². The SMILES string of the molecule is CC(C)NS(=O)(=O)Cc1ccc(CNC(=O)C2CCN(C(=O)c3ccco3)CC2)cc1. The maximum Gasteiger partial charge on any atom is 0.289 e. The number of furan rings is 1. The molecule has 0 spiro atoms. The van der Waals surface area contributed by atoms with Gasteiger partial charge in [0, 0.05) is 31.6 Å². The number of rotatable bonds is 8. The summed E-state index contributed by atoms with van der Waals surface area (Å²) >= 11 is 0. The van der Waals surface area contributed by atoms with E-state index in [1.165, 1.54) is 6.26 Å². The third-order valence-electron chi connectivity index (χ3n) is 5.15. The number of carbonyl (C=O) groups excluding carboxylic acids is 2. The van der Waals surface area contributed by atoms with Gasteiger partial charge in [0.2, 0.25) is 15.9 Å². The molecule has 1 aliphatic rings. The summed E-state index contributed by atoms with van der Waals surface area (Å²) in [4.78, 5) is 26.5. The van der Waals surface area contributed by atoms with Crippen molar-refractivity contribution in [1.82, 2.24) is 14.9 Å². The number of amides is 2. The topological polar surface area (TPSA) is 109 Å². The highest BCUT2D eigenvalue weighted by Gasteiger charge is 2.28. The van der Waals surface area contributed by atoms with E-state index in [1.807, 2.05) is 12.1 Å². The first-order valence-corrected chi connectivity index (χ1v) is 12.1. The summed E-state index contributed by atoms with van der Waals surface area (Å²) in [6.45, 7) is 4.98. The van der Waals surface area contributed by atoms with E-state index >= 15 is 0 Å². The van der Waals surface area contributed by atoms with Crippen molar-refractivity contribution in [3.63, 3.8) is 0 Å². The number of carbonyl (C=O) groups is 2. The van der Waals surface area contributed by atoms with Crippen molar-refractivity contribution in [1.29, 1.82) is 0 Å². The molecule has 1 fully saturated rings. The van der Waals surface area contributed by atoms with Crippen molar-refractivity contribution in [2.75, 3.05) is 13.1 Å². The van der Waals surface area contributed by atoms with Crippen LogP contribution in [0.15, 0.2) is 47.1 Å². The lowest BCUT2D eigenvalue weighted by Crippen LogP contribution is -2.42. The van der Waals surface area contributed by atoms with Crippen LogP contribution in [-0.2, 0) is 27.1 Å². The molecular weight excluding hydrogens is 418 g/mol. The number of piperidine rings is 1. The Hall–Kier alpha value is -2.65. The number of benzene rings is 1. The molecule has 3 rings (SSSR count). The minimum Gasteiger partial charge on any atom is -0.459 e. The lowest BCUT2D eigenvalue weighted by Gasteiger charge is -2.30. The Kier molecular flexibility index (Phi) is 7.50. The second kappa shape index (κ2) is 10.1. The number of likely N-dealkylation sites (tertiary alicyclic amines) is 1. The van der Waals surface area contributed by atoms with E-state index in [4.69, 9.17) is 4.42 Å². The van der Waals surface area contributed by atoms with Crippen LogP contribution in [0.2, 0.25) is 0 Å². The second-order valence-corrected chi connectivity index (χ2v) is 9.86. The first-order valence-electron chi connectivity index (χ1n) is 10.4. The molecule has 9 heteroatoms. The summed E-state index contributed by atoms with van der Waals surface area (Å²) in [5, 5.41) is 2.94. The number of hydrogen-bond acceptors (Lipinski definition) is 5. The van der Waals surface area contributed by atoms with Gasteiger partial charge in [0.25, 0.3) is 5.91 Å². The lowest BCUT2D eigenvalue weighted by atomic mass is 9.95. The van der Waals surface area contributed by atoms with Crippen molar-refractivity contribution in [2.45, 2.75) is 45.0 Å². The molecule has 0 saturated carbocycles. The van der Waals surface area contributed by atoms with Crippen LogP contribution in [0.3, 0.4) is 0 Å². The van der Waals surface area contributed by atoms with Gasteiger partial charge in [-0.25, -0.2) is 13.1 Å². The van der Waals surface area contributed by atoms with Crippen molar-refractivity contribution in [2.24, 2.45) is 5.92 Å². The van der Waals surface area contributed by atoms with Gasteiger partial charge >= 0.3 is 0 Å². The highest BCUT2D eigenvalue weighted by Crippen LogP contribution is 2.20. The molecule has 0 radical (unpaired) electrons. The third kappa shape index (κ3) is 6.67. The predicted octanol–water partition coefficient (Wildman–Crippen LogP) is 2.28. The zero-order chi connectivity index (χ0) is 22.4. The standard InChI is InChI=1S/C22H29N3O5S/c1-16(2)24-31(28,29)15-18-7-5-17(6-8-18)14-23-21(26)19-9-11-25(12-10-19)22(27)20-4-3-13-30-20/h3-8,13,16,19,24H,9-12,14-15H2,1-2H3,(H,23,26).